The van der Waals surface area contributed by atoms with Gasteiger partial charge < -0.3 is 19.9 Å². The summed E-state index contributed by atoms with van der Waals surface area (Å²) in [5.74, 6) is 1.73. The minimum Gasteiger partial charge on any atom is -0.493 e. The van der Waals surface area contributed by atoms with Crippen molar-refractivity contribution < 1.29 is 14.2 Å². The number of ether oxygens (including phenoxy) is 3. The van der Waals surface area contributed by atoms with Crippen LogP contribution in [0.25, 0.3) is 11.1 Å². The zero-order valence-electron chi connectivity index (χ0n) is 12.2. The van der Waals surface area contributed by atoms with Crippen molar-refractivity contribution in [2.24, 2.45) is 5.73 Å². The van der Waals surface area contributed by atoms with Gasteiger partial charge in [0, 0.05) is 5.56 Å². The Balaban J connectivity index is 2.68. The maximum Gasteiger partial charge on any atom is 0.203 e. The van der Waals surface area contributed by atoms with Crippen LogP contribution in [0.2, 0.25) is 0 Å². The monoisotopic (exact) mass is 303 g/mol. The van der Waals surface area contributed by atoms with Crippen LogP contribution in [0, 0.1) is 0 Å². The van der Waals surface area contributed by atoms with Crippen molar-refractivity contribution in [3.63, 3.8) is 0 Å². The largest absolute Gasteiger partial charge is 0.493 e. The molecule has 0 aliphatic carbocycles. The SMILES string of the molecule is COc1cc(-c2ccccc2C(N)=S)cc(OC)c1OC. The third kappa shape index (κ3) is 2.92. The highest BCUT2D eigenvalue weighted by Crippen LogP contribution is 2.41. The van der Waals surface area contributed by atoms with E-state index in [4.69, 9.17) is 32.2 Å². The second kappa shape index (κ2) is 6.45. The van der Waals surface area contributed by atoms with Gasteiger partial charge in [-0.2, -0.15) is 0 Å². The standard InChI is InChI=1S/C16H17NO3S/c1-18-13-8-10(9-14(19-2)15(13)20-3)11-6-4-5-7-12(11)16(17)21/h4-9H,1-3H3,(H2,17,21). The van der Waals surface area contributed by atoms with Gasteiger partial charge in [0.1, 0.15) is 4.99 Å². The summed E-state index contributed by atoms with van der Waals surface area (Å²) in [5.41, 5.74) is 8.42. The lowest BCUT2D eigenvalue weighted by Crippen LogP contribution is -2.10. The molecule has 21 heavy (non-hydrogen) atoms. The second-order valence-corrected chi connectivity index (χ2v) is 4.76. The van der Waals surface area contributed by atoms with E-state index in [2.05, 4.69) is 0 Å². The topological polar surface area (TPSA) is 53.7 Å². The molecule has 2 rings (SSSR count). The Morgan fingerprint density at radius 1 is 0.952 bits per heavy atom. The zero-order valence-corrected chi connectivity index (χ0v) is 13.0. The Bertz CT molecular complexity index is 645. The Morgan fingerprint density at radius 2 is 1.52 bits per heavy atom. The summed E-state index contributed by atoms with van der Waals surface area (Å²) in [6.45, 7) is 0. The fourth-order valence-electron chi connectivity index (χ4n) is 2.19. The molecule has 0 atom stereocenters. The van der Waals surface area contributed by atoms with E-state index < -0.39 is 0 Å². The van der Waals surface area contributed by atoms with Crippen molar-refractivity contribution in [2.45, 2.75) is 0 Å². The lowest BCUT2D eigenvalue weighted by molar-refractivity contribution is 0.324. The van der Waals surface area contributed by atoms with Crippen LogP contribution in [-0.2, 0) is 0 Å². The van der Waals surface area contributed by atoms with E-state index in [9.17, 15) is 0 Å². The first-order valence-electron chi connectivity index (χ1n) is 6.31. The molecule has 0 fully saturated rings. The molecule has 2 aromatic carbocycles. The van der Waals surface area contributed by atoms with Crippen molar-refractivity contribution in [1.82, 2.24) is 0 Å². The smallest absolute Gasteiger partial charge is 0.203 e. The third-order valence-electron chi connectivity index (χ3n) is 3.17. The predicted molar refractivity (Wildman–Crippen MR) is 87.4 cm³/mol. The summed E-state index contributed by atoms with van der Waals surface area (Å²) in [7, 11) is 4.74. The molecule has 0 heterocycles. The Hall–Kier alpha value is -2.27. The number of thiocarbonyl (C=S) groups is 1. The van der Waals surface area contributed by atoms with E-state index in [0.29, 0.717) is 22.2 Å². The quantitative estimate of drug-likeness (QED) is 0.861. The van der Waals surface area contributed by atoms with Crippen LogP contribution in [0.1, 0.15) is 5.56 Å². The molecule has 0 saturated carbocycles. The van der Waals surface area contributed by atoms with E-state index in [1.807, 2.05) is 36.4 Å². The number of hydrogen-bond donors (Lipinski definition) is 1. The van der Waals surface area contributed by atoms with Gasteiger partial charge in [0.2, 0.25) is 5.75 Å². The second-order valence-electron chi connectivity index (χ2n) is 4.32. The molecule has 0 saturated heterocycles. The van der Waals surface area contributed by atoms with E-state index in [0.717, 1.165) is 16.7 Å². The molecule has 0 unspecified atom stereocenters. The first-order chi connectivity index (χ1) is 10.1. The Labute approximate surface area is 129 Å². The number of rotatable bonds is 5. The van der Waals surface area contributed by atoms with Crippen molar-refractivity contribution >= 4 is 17.2 Å². The van der Waals surface area contributed by atoms with Crippen LogP contribution in [0.3, 0.4) is 0 Å². The molecular weight excluding hydrogens is 286 g/mol. The maximum atomic E-state index is 5.79. The highest BCUT2D eigenvalue weighted by molar-refractivity contribution is 7.80. The highest BCUT2D eigenvalue weighted by atomic mass is 32.1. The minimum absolute atomic E-state index is 0.347. The van der Waals surface area contributed by atoms with Gasteiger partial charge in [0.25, 0.3) is 0 Å². The van der Waals surface area contributed by atoms with E-state index in [1.165, 1.54) is 0 Å². The molecule has 0 aliphatic rings. The van der Waals surface area contributed by atoms with Gasteiger partial charge in [-0.05, 0) is 23.3 Å². The van der Waals surface area contributed by atoms with Crippen LogP contribution in [0.15, 0.2) is 36.4 Å². The van der Waals surface area contributed by atoms with E-state index in [-0.39, 0.29) is 0 Å². The molecule has 0 radical (unpaired) electrons. The van der Waals surface area contributed by atoms with Crippen molar-refractivity contribution in [3.05, 3.63) is 42.0 Å². The van der Waals surface area contributed by atoms with E-state index >= 15 is 0 Å². The molecule has 0 spiro atoms. The zero-order chi connectivity index (χ0) is 15.4. The maximum absolute atomic E-state index is 5.79. The normalized spacial score (nSPS) is 10.0. The highest BCUT2D eigenvalue weighted by Gasteiger charge is 2.16. The fraction of sp³-hybridized carbons (Fsp3) is 0.188. The molecule has 0 amide bonds. The molecular formula is C16H17NO3S. The molecule has 2 aromatic rings. The van der Waals surface area contributed by atoms with Crippen molar-refractivity contribution in [3.8, 4) is 28.4 Å². The molecule has 0 aliphatic heterocycles. The molecule has 4 nitrogen and oxygen atoms in total. The predicted octanol–water partition coefficient (Wildman–Crippen LogP) is 3.01. The molecule has 110 valence electrons. The Kier molecular flexibility index (Phi) is 4.65. The van der Waals surface area contributed by atoms with Gasteiger partial charge in [-0.25, -0.2) is 0 Å². The van der Waals surface area contributed by atoms with Crippen LogP contribution in [0.4, 0.5) is 0 Å². The molecule has 0 aromatic heterocycles. The van der Waals surface area contributed by atoms with Crippen molar-refractivity contribution in [2.75, 3.05) is 21.3 Å². The average Bonchev–Trinajstić information content (AvgIpc) is 2.53. The van der Waals surface area contributed by atoms with Gasteiger partial charge in [0.05, 0.1) is 21.3 Å². The fourth-order valence-corrected chi connectivity index (χ4v) is 2.36. The number of hydrogen-bond acceptors (Lipinski definition) is 4. The first-order valence-corrected chi connectivity index (χ1v) is 6.72. The van der Waals surface area contributed by atoms with E-state index in [1.54, 1.807) is 21.3 Å². The lowest BCUT2D eigenvalue weighted by Gasteiger charge is -2.15. The summed E-state index contributed by atoms with van der Waals surface area (Å²) in [5, 5.41) is 0. The lowest BCUT2D eigenvalue weighted by atomic mass is 9.99. The number of methoxy groups -OCH3 is 3. The van der Waals surface area contributed by atoms with Gasteiger partial charge in [0.15, 0.2) is 11.5 Å². The number of nitrogens with two attached hydrogens (primary N) is 1. The molecule has 0 bridgehead atoms. The summed E-state index contributed by atoms with van der Waals surface area (Å²) in [6, 6.07) is 11.4. The van der Waals surface area contributed by atoms with Gasteiger partial charge in [-0.1, -0.05) is 36.5 Å². The third-order valence-corrected chi connectivity index (χ3v) is 3.39. The Morgan fingerprint density at radius 3 is 2.00 bits per heavy atom. The minimum atomic E-state index is 0.347. The summed E-state index contributed by atoms with van der Waals surface area (Å²) in [4.78, 5) is 0.347. The van der Waals surface area contributed by atoms with Crippen LogP contribution in [0.5, 0.6) is 17.2 Å². The molecule has 2 N–H and O–H groups in total. The average molecular weight is 303 g/mol. The molecule has 5 heteroatoms. The van der Waals surface area contributed by atoms with Gasteiger partial charge >= 0.3 is 0 Å². The number of benzene rings is 2. The van der Waals surface area contributed by atoms with Crippen LogP contribution in [-0.4, -0.2) is 26.3 Å². The van der Waals surface area contributed by atoms with Gasteiger partial charge in [-0.15, -0.1) is 0 Å². The van der Waals surface area contributed by atoms with Crippen LogP contribution >= 0.6 is 12.2 Å². The van der Waals surface area contributed by atoms with Crippen LogP contribution < -0.4 is 19.9 Å². The van der Waals surface area contributed by atoms with Gasteiger partial charge in [-0.3, -0.25) is 0 Å². The first kappa shape index (κ1) is 15.1. The van der Waals surface area contributed by atoms with Crippen molar-refractivity contribution in [1.29, 1.82) is 0 Å². The summed E-state index contributed by atoms with van der Waals surface area (Å²) >= 11 is 5.11. The summed E-state index contributed by atoms with van der Waals surface area (Å²) < 4.78 is 16.1. The summed E-state index contributed by atoms with van der Waals surface area (Å²) in [6.07, 6.45) is 0.